The number of rotatable bonds is 2. The zero-order valence-corrected chi connectivity index (χ0v) is 9.27. The molecule has 0 aromatic carbocycles. The maximum Gasteiger partial charge on any atom is 0.0944 e. The number of aliphatic hydroxyl groups excluding tert-OH is 1. The van der Waals surface area contributed by atoms with Crippen molar-refractivity contribution in [1.29, 1.82) is 0 Å². The molecule has 1 aromatic heterocycles. The van der Waals surface area contributed by atoms with Crippen LogP contribution in [0.25, 0.3) is 0 Å². The predicted molar refractivity (Wildman–Crippen MR) is 59.4 cm³/mol. The zero-order valence-electron chi connectivity index (χ0n) is 9.27. The van der Waals surface area contributed by atoms with Crippen molar-refractivity contribution < 1.29 is 5.11 Å². The van der Waals surface area contributed by atoms with E-state index in [9.17, 15) is 5.11 Å². The summed E-state index contributed by atoms with van der Waals surface area (Å²) in [6, 6.07) is 3.91. The van der Waals surface area contributed by atoms with E-state index in [0.29, 0.717) is 0 Å². The first-order valence-electron chi connectivity index (χ1n) is 5.44. The predicted octanol–water partition coefficient (Wildman–Crippen LogP) is 1.65. The minimum atomic E-state index is -0.422. The van der Waals surface area contributed by atoms with Gasteiger partial charge < -0.3 is 10.4 Å². The fourth-order valence-electron chi connectivity index (χ4n) is 2.19. The van der Waals surface area contributed by atoms with Gasteiger partial charge in [0.2, 0.25) is 0 Å². The van der Waals surface area contributed by atoms with Crippen LogP contribution in [0.5, 0.6) is 0 Å². The highest BCUT2D eigenvalue weighted by atomic mass is 16.3. The lowest BCUT2D eigenvalue weighted by atomic mass is 10.0. The van der Waals surface area contributed by atoms with Crippen molar-refractivity contribution in [2.75, 3.05) is 0 Å². The first kappa shape index (κ1) is 10.6. The molecule has 0 spiro atoms. The van der Waals surface area contributed by atoms with Crippen molar-refractivity contribution in [3.05, 3.63) is 30.1 Å². The first-order chi connectivity index (χ1) is 7.08. The van der Waals surface area contributed by atoms with Crippen molar-refractivity contribution in [3.63, 3.8) is 0 Å². The van der Waals surface area contributed by atoms with Crippen molar-refractivity contribution in [3.8, 4) is 0 Å². The van der Waals surface area contributed by atoms with Crippen LogP contribution in [-0.2, 0) is 0 Å². The Morgan fingerprint density at radius 1 is 1.47 bits per heavy atom. The molecule has 3 heteroatoms. The van der Waals surface area contributed by atoms with Crippen LogP contribution in [0.15, 0.2) is 24.5 Å². The van der Waals surface area contributed by atoms with Crippen LogP contribution < -0.4 is 5.32 Å². The van der Waals surface area contributed by atoms with Gasteiger partial charge in [-0.1, -0.05) is 0 Å². The molecular weight excluding hydrogens is 188 g/mol. The topological polar surface area (TPSA) is 45.2 Å². The third kappa shape index (κ3) is 2.36. The standard InChI is InChI=1S/C12H18N2O/c1-12(2)6-3-10(14-12)11(15)9-4-7-13-8-5-9/h4-5,7-8,10-11,14-15H,3,6H2,1-2H3/t10-,11?/m1/s1. The summed E-state index contributed by atoms with van der Waals surface area (Å²) in [5.74, 6) is 0. The third-order valence-electron chi connectivity index (χ3n) is 3.09. The Bertz CT molecular complexity index is 324. The summed E-state index contributed by atoms with van der Waals surface area (Å²) in [5, 5.41) is 13.6. The lowest BCUT2D eigenvalue weighted by molar-refractivity contribution is 0.131. The monoisotopic (exact) mass is 206 g/mol. The molecular formula is C12H18N2O. The van der Waals surface area contributed by atoms with E-state index in [1.807, 2.05) is 12.1 Å². The number of aliphatic hydroxyl groups is 1. The molecule has 1 fully saturated rings. The summed E-state index contributed by atoms with van der Waals surface area (Å²) < 4.78 is 0. The van der Waals surface area contributed by atoms with E-state index in [4.69, 9.17) is 0 Å². The molecule has 0 radical (unpaired) electrons. The quantitative estimate of drug-likeness (QED) is 0.773. The van der Waals surface area contributed by atoms with E-state index in [1.165, 1.54) is 0 Å². The third-order valence-corrected chi connectivity index (χ3v) is 3.09. The molecule has 0 saturated carbocycles. The van der Waals surface area contributed by atoms with E-state index in [0.717, 1.165) is 18.4 Å². The van der Waals surface area contributed by atoms with Gasteiger partial charge in [0.25, 0.3) is 0 Å². The molecule has 0 bridgehead atoms. The minimum absolute atomic E-state index is 0.151. The maximum atomic E-state index is 10.2. The normalized spacial score (nSPS) is 26.5. The van der Waals surface area contributed by atoms with Crippen LogP contribution in [0.3, 0.4) is 0 Å². The fraction of sp³-hybridized carbons (Fsp3) is 0.583. The summed E-state index contributed by atoms with van der Waals surface area (Å²) in [6.07, 6.45) is 5.16. The maximum absolute atomic E-state index is 10.2. The van der Waals surface area contributed by atoms with Crippen LogP contribution >= 0.6 is 0 Å². The van der Waals surface area contributed by atoms with Crippen LogP contribution in [0.1, 0.15) is 38.4 Å². The molecule has 0 aliphatic carbocycles. The number of hydrogen-bond donors (Lipinski definition) is 2. The molecule has 2 rings (SSSR count). The minimum Gasteiger partial charge on any atom is -0.387 e. The average Bonchev–Trinajstić information content (AvgIpc) is 2.59. The van der Waals surface area contributed by atoms with Gasteiger partial charge in [-0.15, -0.1) is 0 Å². The zero-order chi connectivity index (χ0) is 10.9. The number of aromatic nitrogens is 1. The second-order valence-corrected chi connectivity index (χ2v) is 4.90. The summed E-state index contributed by atoms with van der Waals surface area (Å²) in [6.45, 7) is 4.35. The number of hydrogen-bond acceptors (Lipinski definition) is 3. The Balaban J connectivity index is 2.07. The van der Waals surface area contributed by atoms with Gasteiger partial charge in [-0.3, -0.25) is 4.98 Å². The Morgan fingerprint density at radius 2 is 2.13 bits per heavy atom. The molecule has 1 aromatic rings. The smallest absolute Gasteiger partial charge is 0.0944 e. The fourth-order valence-corrected chi connectivity index (χ4v) is 2.19. The van der Waals surface area contributed by atoms with Crippen molar-refractivity contribution in [2.24, 2.45) is 0 Å². The Morgan fingerprint density at radius 3 is 2.67 bits per heavy atom. The molecule has 82 valence electrons. The van der Waals surface area contributed by atoms with Gasteiger partial charge in [-0.05, 0) is 44.4 Å². The van der Waals surface area contributed by atoms with Crippen LogP contribution in [-0.4, -0.2) is 21.7 Å². The summed E-state index contributed by atoms with van der Waals surface area (Å²) >= 11 is 0. The second-order valence-electron chi connectivity index (χ2n) is 4.90. The lowest BCUT2D eigenvalue weighted by Crippen LogP contribution is -2.40. The van der Waals surface area contributed by atoms with Gasteiger partial charge in [0.05, 0.1) is 6.10 Å². The Labute approximate surface area is 90.5 Å². The highest BCUT2D eigenvalue weighted by molar-refractivity contribution is 5.16. The molecule has 2 N–H and O–H groups in total. The SMILES string of the molecule is CC1(C)CC[C@H](C(O)c2ccncc2)N1. The molecule has 2 atom stereocenters. The molecule has 1 aliphatic rings. The van der Waals surface area contributed by atoms with Crippen molar-refractivity contribution >= 4 is 0 Å². The highest BCUT2D eigenvalue weighted by Gasteiger charge is 2.34. The number of pyridine rings is 1. The first-order valence-corrected chi connectivity index (χ1v) is 5.44. The molecule has 1 aliphatic heterocycles. The molecule has 0 amide bonds. The van der Waals surface area contributed by atoms with E-state index in [2.05, 4.69) is 24.1 Å². The molecule has 15 heavy (non-hydrogen) atoms. The van der Waals surface area contributed by atoms with Gasteiger partial charge in [0.1, 0.15) is 0 Å². The van der Waals surface area contributed by atoms with Gasteiger partial charge in [-0.25, -0.2) is 0 Å². The van der Waals surface area contributed by atoms with Crippen molar-refractivity contribution in [2.45, 2.75) is 44.4 Å². The van der Waals surface area contributed by atoms with Gasteiger partial charge in [-0.2, -0.15) is 0 Å². The molecule has 1 unspecified atom stereocenters. The summed E-state index contributed by atoms with van der Waals surface area (Å²) in [7, 11) is 0. The van der Waals surface area contributed by atoms with E-state index in [1.54, 1.807) is 12.4 Å². The molecule has 2 heterocycles. The Hall–Kier alpha value is -0.930. The Kier molecular flexibility index (Phi) is 2.76. The molecule has 1 saturated heterocycles. The van der Waals surface area contributed by atoms with Gasteiger partial charge in [0, 0.05) is 24.0 Å². The van der Waals surface area contributed by atoms with Gasteiger partial charge in [0.15, 0.2) is 0 Å². The van der Waals surface area contributed by atoms with Crippen LogP contribution in [0.4, 0.5) is 0 Å². The highest BCUT2D eigenvalue weighted by Crippen LogP contribution is 2.29. The largest absolute Gasteiger partial charge is 0.387 e. The summed E-state index contributed by atoms with van der Waals surface area (Å²) in [5.41, 5.74) is 1.10. The van der Waals surface area contributed by atoms with Gasteiger partial charge >= 0.3 is 0 Å². The summed E-state index contributed by atoms with van der Waals surface area (Å²) in [4.78, 5) is 3.95. The van der Waals surface area contributed by atoms with E-state index in [-0.39, 0.29) is 11.6 Å². The van der Waals surface area contributed by atoms with Crippen LogP contribution in [0.2, 0.25) is 0 Å². The van der Waals surface area contributed by atoms with E-state index < -0.39 is 6.10 Å². The average molecular weight is 206 g/mol. The van der Waals surface area contributed by atoms with Crippen molar-refractivity contribution in [1.82, 2.24) is 10.3 Å². The van der Waals surface area contributed by atoms with Crippen LogP contribution in [0, 0.1) is 0 Å². The second kappa shape index (κ2) is 3.91. The number of nitrogens with zero attached hydrogens (tertiary/aromatic N) is 1. The lowest BCUT2D eigenvalue weighted by Gasteiger charge is -2.23. The van der Waals surface area contributed by atoms with E-state index >= 15 is 0 Å². The molecule has 3 nitrogen and oxygen atoms in total. The number of nitrogens with one attached hydrogen (secondary N) is 1.